The summed E-state index contributed by atoms with van der Waals surface area (Å²) in [6.45, 7) is 0. The van der Waals surface area contributed by atoms with Crippen LogP contribution in [0.25, 0.3) is 5.69 Å². The average molecular weight is 386 g/mol. The van der Waals surface area contributed by atoms with Crippen LogP contribution >= 0.6 is 23.5 Å². The summed E-state index contributed by atoms with van der Waals surface area (Å²) >= 11 is 3.01. The lowest BCUT2D eigenvalue weighted by Gasteiger charge is -2.10. The molecule has 134 valence electrons. The van der Waals surface area contributed by atoms with E-state index in [1.165, 1.54) is 11.8 Å². The lowest BCUT2D eigenvalue weighted by atomic mass is 10.3. The van der Waals surface area contributed by atoms with Gasteiger partial charge in [0.2, 0.25) is 5.91 Å². The number of nitrogens with zero attached hydrogens (tertiary/aromatic N) is 2. The molecule has 0 aliphatic carbocycles. The molecule has 1 heterocycles. The lowest BCUT2D eigenvalue weighted by Crippen LogP contribution is -2.15. The molecule has 2 aromatic carbocycles. The number of imidazole rings is 1. The molecule has 7 heteroatoms. The van der Waals surface area contributed by atoms with Crippen molar-refractivity contribution in [3.63, 3.8) is 0 Å². The van der Waals surface area contributed by atoms with Gasteiger partial charge in [-0.05, 0) is 42.7 Å². The van der Waals surface area contributed by atoms with Crippen molar-refractivity contribution in [3.8, 4) is 11.4 Å². The van der Waals surface area contributed by atoms with Crippen molar-refractivity contribution in [2.75, 3.05) is 24.4 Å². The van der Waals surface area contributed by atoms with E-state index < -0.39 is 0 Å². The molecule has 0 atom stereocenters. The number of benzene rings is 2. The van der Waals surface area contributed by atoms with Gasteiger partial charge in [-0.2, -0.15) is 0 Å². The highest BCUT2D eigenvalue weighted by Crippen LogP contribution is 2.26. The number of para-hydroxylation sites is 1. The summed E-state index contributed by atoms with van der Waals surface area (Å²) in [7, 11) is 1.64. The molecule has 1 aromatic heterocycles. The summed E-state index contributed by atoms with van der Waals surface area (Å²) in [4.78, 5) is 17.7. The molecule has 0 aliphatic rings. The summed E-state index contributed by atoms with van der Waals surface area (Å²) in [5.41, 5.74) is 1.81. The Morgan fingerprint density at radius 1 is 1.19 bits per heavy atom. The third-order valence-electron chi connectivity index (χ3n) is 3.67. The largest absolute Gasteiger partial charge is 0.497 e. The van der Waals surface area contributed by atoms with E-state index in [1.54, 1.807) is 25.1 Å². The van der Waals surface area contributed by atoms with Crippen molar-refractivity contribution < 1.29 is 9.53 Å². The van der Waals surface area contributed by atoms with Crippen molar-refractivity contribution in [1.29, 1.82) is 0 Å². The predicted octanol–water partition coefficient (Wildman–Crippen LogP) is 4.33. The second-order valence-corrected chi connectivity index (χ2v) is 7.11. The van der Waals surface area contributed by atoms with Crippen molar-refractivity contribution in [3.05, 3.63) is 60.9 Å². The van der Waals surface area contributed by atoms with Crippen molar-refractivity contribution in [2.45, 2.75) is 10.1 Å². The minimum absolute atomic E-state index is 0.0548. The van der Waals surface area contributed by atoms with Crippen LogP contribution in [-0.2, 0) is 4.79 Å². The van der Waals surface area contributed by atoms with Gasteiger partial charge in [0.1, 0.15) is 5.75 Å². The maximum absolute atomic E-state index is 12.3. The number of hydrogen-bond acceptors (Lipinski definition) is 5. The normalized spacial score (nSPS) is 10.5. The predicted molar refractivity (Wildman–Crippen MR) is 108 cm³/mol. The minimum Gasteiger partial charge on any atom is -0.497 e. The molecule has 3 aromatic rings. The Kier molecular flexibility index (Phi) is 6.25. The number of carbonyl (C=O) groups excluding carboxylic acids is 1. The molecule has 0 bridgehead atoms. The number of aromatic nitrogens is 2. The maximum Gasteiger partial charge on any atom is 0.234 e. The summed E-state index contributed by atoms with van der Waals surface area (Å²) in [6.07, 6.45) is 5.60. The van der Waals surface area contributed by atoms with E-state index in [1.807, 2.05) is 65.6 Å². The van der Waals surface area contributed by atoms with Gasteiger partial charge >= 0.3 is 0 Å². The monoisotopic (exact) mass is 385 g/mol. The Bertz CT molecular complexity index is 879. The van der Waals surface area contributed by atoms with E-state index in [0.29, 0.717) is 0 Å². The zero-order valence-electron chi connectivity index (χ0n) is 14.5. The van der Waals surface area contributed by atoms with E-state index in [-0.39, 0.29) is 11.7 Å². The number of nitrogens with one attached hydrogen (secondary N) is 1. The molecule has 0 fully saturated rings. The number of hydrogen-bond donors (Lipinski definition) is 1. The number of thioether (sulfide) groups is 2. The van der Waals surface area contributed by atoms with Gasteiger partial charge in [0.25, 0.3) is 0 Å². The molecule has 0 saturated heterocycles. The number of anilines is 1. The molecule has 0 unspecified atom stereocenters. The molecular weight excluding hydrogens is 366 g/mol. The second-order valence-electron chi connectivity index (χ2n) is 5.31. The molecule has 26 heavy (non-hydrogen) atoms. The van der Waals surface area contributed by atoms with Crippen molar-refractivity contribution >= 4 is 35.1 Å². The number of rotatable bonds is 7. The first-order valence-electron chi connectivity index (χ1n) is 7.94. The minimum atomic E-state index is -0.0548. The lowest BCUT2D eigenvalue weighted by molar-refractivity contribution is -0.113. The molecule has 0 aliphatic heterocycles. The van der Waals surface area contributed by atoms with Crippen LogP contribution in [0.4, 0.5) is 5.69 Å². The molecule has 3 rings (SSSR count). The van der Waals surface area contributed by atoms with Crippen LogP contribution in [0.3, 0.4) is 0 Å². The quantitative estimate of drug-likeness (QED) is 0.614. The zero-order valence-corrected chi connectivity index (χ0v) is 16.1. The first-order valence-corrected chi connectivity index (χ1v) is 10.2. The van der Waals surface area contributed by atoms with Gasteiger partial charge in [0.05, 0.1) is 18.6 Å². The Labute approximate surface area is 161 Å². The molecule has 0 saturated carbocycles. The summed E-state index contributed by atoms with van der Waals surface area (Å²) in [5.74, 6) is 1.03. The van der Waals surface area contributed by atoms with E-state index in [2.05, 4.69) is 10.3 Å². The Morgan fingerprint density at radius 3 is 2.69 bits per heavy atom. The van der Waals surface area contributed by atoms with Gasteiger partial charge in [-0.1, -0.05) is 23.9 Å². The molecule has 0 radical (unpaired) electrons. The molecule has 1 N–H and O–H groups in total. The van der Waals surface area contributed by atoms with Crippen LogP contribution in [-0.4, -0.2) is 34.6 Å². The fourth-order valence-electron chi connectivity index (χ4n) is 2.40. The van der Waals surface area contributed by atoms with E-state index >= 15 is 0 Å². The van der Waals surface area contributed by atoms with Gasteiger partial charge < -0.3 is 10.1 Å². The molecule has 5 nitrogen and oxygen atoms in total. The number of amides is 1. The molecular formula is C19H19N3O2S2. The fraction of sp³-hybridized carbons (Fsp3) is 0.158. The number of carbonyl (C=O) groups is 1. The smallest absolute Gasteiger partial charge is 0.234 e. The van der Waals surface area contributed by atoms with Crippen LogP contribution in [0.2, 0.25) is 0 Å². The van der Waals surface area contributed by atoms with E-state index in [0.717, 1.165) is 27.2 Å². The van der Waals surface area contributed by atoms with Crippen LogP contribution in [0.5, 0.6) is 5.75 Å². The average Bonchev–Trinajstić information content (AvgIpc) is 3.15. The Balaban J connectivity index is 1.65. The van der Waals surface area contributed by atoms with Gasteiger partial charge in [0.15, 0.2) is 5.16 Å². The van der Waals surface area contributed by atoms with E-state index in [9.17, 15) is 4.79 Å². The first-order chi connectivity index (χ1) is 12.7. The van der Waals surface area contributed by atoms with Crippen LogP contribution in [0.1, 0.15) is 0 Å². The Morgan fingerprint density at radius 2 is 1.96 bits per heavy atom. The molecule has 1 amide bonds. The number of methoxy groups -OCH3 is 1. The maximum atomic E-state index is 12.3. The number of ether oxygens (including phenoxy) is 1. The zero-order chi connectivity index (χ0) is 18.4. The standard InChI is InChI=1S/C19H19N3O2S2/c1-24-15-9-7-14(8-10-15)22-12-11-20-19(22)26-13-18(23)21-16-5-3-4-6-17(16)25-2/h3-12H,13H2,1-2H3,(H,21,23). The third kappa shape index (κ3) is 4.42. The summed E-state index contributed by atoms with van der Waals surface area (Å²) in [6, 6.07) is 15.5. The first kappa shape index (κ1) is 18.4. The van der Waals surface area contributed by atoms with Gasteiger partial charge in [-0.3, -0.25) is 9.36 Å². The van der Waals surface area contributed by atoms with Gasteiger partial charge in [0, 0.05) is 23.0 Å². The van der Waals surface area contributed by atoms with Crippen molar-refractivity contribution in [2.24, 2.45) is 0 Å². The highest BCUT2D eigenvalue weighted by Gasteiger charge is 2.11. The summed E-state index contributed by atoms with van der Waals surface area (Å²) < 4.78 is 7.14. The third-order valence-corrected chi connectivity index (χ3v) is 5.43. The fourth-order valence-corrected chi connectivity index (χ4v) is 3.73. The highest BCUT2D eigenvalue weighted by atomic mass is 32.2. The molecule has 0 spiro atoms. The SMILES string of the molecule is COc1ccc(-n2ccnc2SCC(=O)Nc2ccccc2SC)cc1. The van der Waals surface area contributed by atoms with Crippen LogP contribution in [0.15, 0.2) is 71.0 Å². The topological polar surface area (TPSA) is 56.2 Å². The van der Waals surface area contributed by atoms with Crippen molar-refractivity contribution in [1.82, 2.24) is 9.55 Å². The van der Waals surface area contributed by atoms with Crippen LogP contribution in [0, 0.1) is 0 Å². The van der Waals surface area contributed by atoms with Gasteiger partial charge in [-0.15, -0.1) is 11.8 Å². The van der Waals surface area contributed by atoms with E-state index in [4.69, 9.17) is 4.74 Å². The summed E-state index contributed by atoms with van der Waals surface area (Å²) in [5, 5.41) is 3.73. The highest BCUT2D eigenvalue weighted by molar-refractivity contribution is 7.99. The van der Waals surface area contributed by atoms with Gasteiger partial charge in [-0.25, -0.2) is 4.98 Å². The second kappa shape index (κ2) is 8.82. The van der Waals surface area contributed by atoms with Crippen LogP contribution < -0.4 is 10.1 Å². The Hall–Kier alpha value is -2.38.